The Labute approximate surface area is 114 Å². The highest BCUT2D eigenvalue weighted by Crippen LogP contribution is 2.36. The molecule has 0 amide bonds. The van der Waals surface area contributed by atoms with Gasteiger partial charge in [0, 0.05) is 17.9 Å². The third-order valence-electron chi connectivity index (χ3n) is 3.21. The van der Waals surface area contributed by atoms with E-state index in [4.69, 9.17) is 4.74 Å². The lowest BCUT2D eigenvalue weighted by molar-refractivity contribution is 0.264. The van der Waals surface area contributed by atoms with E-state index in [9.17, 15) is 0 Å². The number of para-hydroxylation sites is 1. The smallest absolute Gasteiger partial charge is 0.124 e. The first-order valence-electron chi connectivity index (χ1n) is 6.37. The fourth-order valence-corrected chi connectivity index (χ4v) is 3.62. The second-order valence-corrected chi connectivity index (χ2v) is 6.17. The van der Waals surface area contributed by atoms with E-state index in [-0.39, 0.29) is 0 Å². The summed E-state index contributed by atoms with van der Waals surface area (Å²) >= 11 is 1.99. The fraction of sp³-hybridized carbons (Fsp3) is 0.571. The van der Waals surface area contributed by atoms with Crippen LogP contribution in [0.1, 0.15) is 11.6 Å². The van der Waals surface area contributed by atoms with Crippen molar-refractivity contribution in [1.82, 2.24) is 10.2 Å². The van der Waals surface area contributed by atoms with Gasteiger partial charge >= 0.3 is 0 Å². The van der Waals surface area contributed by atoms with Gasteiger partial charge in [-0.05, 0) is 27.2 Å². The lowest BCUT2D eigenvalue weighted by atomic mass is 10.0. The van der Waals surface area contributed by atoms with Crippen LogP contribution >= 0.6 is 11.8 Å². The normalized spacial score (nSPS) is 22.7. The van der Waals surface area contributed by atoms with Crippen LogP contribution < -0.4 is 10.1 Å². The lowest BCUT2D eigenvalue weighted by Crippen LogP contribution is -2.36. The summed E-state index contributed by atoms with van der Waals surface area (Å²) in [7, 11) is 6.26. The molecule has 1 aliphatic rings. The summed E-state index contributed by atoms with van der Waals surface area (Å²) in [6.07, 6.45) is 0. The lowest BCUT2D eigenvalue weighted by Gasteiger charge is -2.33. The highest BCUT2D eigenvalue weighted by molar-refractivity contribution is 8.00. The molecule has 0 saturated carbocycles. The maximum absolute atomic E-state index is 5.85. The van der Waals surface area contributed by atoms with Crippen LogP contribution in [0.4, 0.5) is 0 Å². The van der Waals surface area contributed by atoms with E-state index < -0.39 is 0 Å². The SMILES string of the molecule is CNC1c2ccccc2OCC1SCCN(C)C. The number of fused-ring (bicyclic) bond motifs is 1. The van der Waals surface area contributed by atoms with Crippen molar-refractivity contribution in [3.63, 3.8) is 0 Å². The molecule has 1 N–H and O–H groups in total. The number of hydrogen-bond acceptors (Lipinski definition) is 4. The molecule has 0 aliphatic carbocycles. The quantitative estimate of drug-likeness (QED) is 0.881. The van der Waals surface area contributed by atoms with Crippen molar-refractivity contribution in [2.24, 2.45) is 0 Å². The van der Waals surface area contributed by atoms with E-state index >= 15 is 0 Å². The topological polar surface area (TPSA) is 24.5 Å². The van der Waals surface area contributed by atoms with Crippen molar-refractivity contribution in [2.45, 2.75) is 11.3 Å². The molecule has 0 saturated heterocycles. The van der Waals surface area contributed by atoms with Gasteiger partial charge in [0.2, 0.25) is 0 Å². The molecular weight excluding hydrogens is 244 g/mol. The summed E-state index contributed by atoms with van der Waals surface area (Å²) < 4.78 is 5.85. The van der Waals surface area contributed by atoms with Gasteiger partial charge in [-0.15, -0.1) is 0 Å². The van der Waals surface area contributed by atoms with E-state index in [1.54, 1.807) is 0 Å². The van der Waals surface area contributed by atoms with Crippen molar-refractivity contribution in [2.75, 3.05) is 40.0 Å². The third kappa shape index (κ3) is 3.19. The van der Waals surface area contributed by atoms with E-state index in [0.717, 1.165) is 24.7 Å². The van der Waals surface area contributed by atoms with Crippen LogP contribution in [0.2, 0.25) is 0 Å². The Kier molecular flexibility index (Phi) is 4.92. The first kappa shape index (κ1) is 13.7. The second kappa shape index (κ2) is 6.45. The molecule has 4 heteroatoms. The molecule has 0 bridgehead atoms. The predicted molar refractivity (Wildman–Crippen MR) is 78.5 cm³/mol. The van der Waals surface area contributed by atoms with Crippen LogP contribution in [0.25, 0.3) is 0 Å². The van der Waals surface area contributed by atoms with Crippen molar-refractivity contribution in [3.8, 4) is 5.75 Å². The van der Waals surface area contributed by atoms with Crippen molar-refractivity contribution < 1.29 is 4.74 Å². The van der Waals surface area contributed by atoms with Gasteiger partial charge < -0.3 is 15.0 Å². The maximum atomic E-state index is 5.85. The Morgan fingerprint density at radius 2 is 2.17 bits per heavy atom. The zero-order valence-corrected chi connectivity index (χ0v) is 12.2. The summed E-state index contributed by atoms with van der Waals surface area (Å²) in [6, 6.07) is 8.72. The van der Waals surface area contributed by atoms with E-state index in [1.165, 1.54) is 5.56 Å². The van der Waals surface area contributed by atoms with E-state index in [0.29, 0.717) is 11.3 Å². The Morgan fingerprint density at radius 3 is 2.89 bits per heavy atom. The summed E-state index contributed by atoms with van der Waals surface area (Å²) in [4.78, 5) is 2.22. The molecule has 18 heavy (non-hydrogen) atoms. The molecule has 0 aromatic heterocycles. The molecule has 2 atom stereocenters. The maximum Gasteiger partial charge on any atom is 0.124 e. The van der Waals surface area contributed by atoms with Crippen LogP contribution in [0, 0.1) is 0 Å². The molecule has 0 fully saturated rings. The molecule has 100 valence electrons. The average Bonchev–Trinajstić information content (AvgIpc) is 2.38. The molecule has 1 aromatic rings. The third-order valence-corrected chi connectivity index (χ3v) is 4.47. The van der Waals surface area contributed by atoms with Gasteiger partial charge in [-0.3, -0.25) is 0 Å². The van der Waals surface area contributed by atoms with Crippen LogP contribution in [0.3, 0.4) is 0 Å². The van der Waals surface area contributed by atoms with Crippen molar-refractivity contribution in [3.05, 3.63) is 29.8 Å². The highest BCUT2D eigenvalue weighted by Gasteiger charge is 2.29. The largest absolute Gasteiger partial charge is 0.492 e. The average molecular weight is 266 g/mol. The van der Waals surface area contributed by atoms with Gasteiger partial charge in [-0.1, -0.05) is 18.2 Å². The monoisotopic (exact) mass is 266 g/mol. The van der Waals surface area contributed by atoms with Gasteiger partial charge in [0.1, 0.15) is 12.4 Å². The molecule has 1 aromatic carbocycles. The van der Waals surface area contributed by atoms with E-state index in [1.807, 2.05) is 24.9 Å². The number of hydrogen-bond donors (Lipinski definition) is 1. The molecule has 2 unspecified atom stereocenters. The van der Waals surface area contributed by atoms with E-state index in [2.05, 4.69) is 42.5 Å². The van der Waals surface area contributed by atoms with Gasteiger partial charge in [0.25, 0.3) is 0 Å². The molecule has 1 aliphatic heterocycles. The summed E-state index contributed by atoms with van der Waals surface area (Å²) in [6.45, 7) is 1.90. The first-order chi connectivity index (χ1) is 8.72. The molecule has 0 radical (unpaired) electrons. The number of thioether (sulfide) groups is 1. The van der Waals surface area contributed by atoms with Gasteiger partial charge in [0.05, 0.1) is 11.3 Å². The Hall–Kier alpha value is -0.710. The number of benzene rings is 1. The molecule has 1 heterocycles. The molecule has 0 spiro atoms. The number of nitrogens with one attached hydrogen (secondary N) is 1. The minimum absolute atomic E-state index is 0.391. The Bertz CT molecular complexity index is 384. The highest BCUT2D eigenvalue weighted by atomic mass is 32.2. The molecule has 3 nitrogen and oxygen atoms in total. The zero-order valence-electron chi connectivity index (χ0n) is 11.3. The Morgan fingerprint density at radius 1 is 1.39 bits per heavy atom. The first-order valence-corrected chi connectivity index (χ1v) is 7.42. The minimum atomic E-state index is 0.391. The number of ether oxygens (including phenoxy) is 1. The van der Waals surface area contributed by atoms with Crippen LogP contribution in [-0.4, -0.2) is 50.2 Å². The number of rotatable bonds is 5. The zero-order chi connectivity index (χ0) is 13.0. The standard InChI is InChI=1S/C14H22N2OS/c1-15-14-11-6-4-5-7-12(11)17-10-13(14)18-9-8-16(2)3/h4-7,13-15H,8-10H2,1-3H3. The molecular formula is C14H22N2OS. The van der Waals surface area contributed by atoms with Crippen molar-refractivity contribution >= 4 is 11.8 Å². The molecule has 2 rings (SSSR count). The summed E-state index contributed by atoms with van der Waals surface area (Å²) in [5.41, 5.74) is 1.29. The Balaban J connectivity index is 2.01. The van der Waals surface area contributed by atoms with Gasteiger partial charge in [-0.25, -0.2) is 0 Å². The summed E-state index contributed by atoms with van der Waals surface area (Å²) in [5.74, 6) is 2.17. The van der Waals surface area contributed by atoms with Gasteiger partial charge in [0.15, 0.2) is 0 Å². The second-order valence-electron chi connectivity index (χ2n) is 4.83. The summed E-state index contributed by atoms with van der Waals surface area (Å²) in [5, 5.41) is 3.92. The predicted octanol–water partition coefficient (Wildman–Crippen LogP) is 2.00. The number of nitrogens with zero attached hydrogens (tertiary/aromatic N) is 1. The van der Waals surface area contributed by atoms with Crippen LogP contribution in [0.5, 0.6) is 5.75 Å². The van der Waals surface area contributed by atoms with Gasteiger partial charge in [-0.2, -0.15) is 11.8 Å². The van der Waals surface area contributed by atoms with Crippen molar-refractivity contribution in [1.29, 1.82) is 0 Å². The van der Waals surface area contributed by atoms with Crippen LogP contribution in [-0.2, 0) is 0 Å². The minimum Gasteiger partial charge on any atom is -0.492 e. The van der Waals surface area contributed by atoms with Crippen LogP contribution in [0.15, 0.2) is 24.3 Å². The fourth-order valence-electron chi connectivity index (χ4n) is 2.21.